The molecule has 0 radical (unpaired) electrons. The molecule has 1 unspecified atom stereocenters. The van der Waals surface area contributed by atoms with Gasteiger partial charge in [0.25, 0.3) is 11.8 Å². The Bertz CT molecular complexity index is 292. The van der Waals surface area contributed by atoms with Crippen LogP contribution in [0.1, 0.15) is 27.7 Å². The molecular formula is C11H17NO2. The van der Waals surface area contributed by atoms with E-state index in [1.807, 2.05) is 0 Å². The second-order valence-corrected chi connectivity index (χ2v) is 4.30. The fourth-order valence-electron chi connectivity index (χ4n) is 1.31. The van der Waals surface area contributed by atoms with Gasteiger partial charge in [0.05, 0.1) is 0 Å². The van der Waals surface area contributed by atoms with Crippen molar-refractivity contribution in [1.29, 1.82) is 0 Å². The second-order valence-electron chi connectivity index (χ2n) is 4.30. The van der Waals surface area contributed by atoms with E-state index < -0.39 is 0 Å². The Kier molecular flexibility index (Phi) is 3.09. The summed E-state index contributed by atoms with van der Waals surface area (Å²) in [6.45, 7) is 8.45. The molecule has 1 atom stereocenters. The molecule has 78 valence electrons. The van der Waals surface area contributed by atoms with Crippen molar-refractivity contribution in [3.63, 3.8) is 0 Å². The molecule has 0 saturated heterocycles. The number of carbonyl (C=O) groups excluding carboxylic acids is 2. The molecule has 2 amide bonds. The zero-order valence-corrected chi connectivity index (χ0v) is 9.20. The van der Waals surface area contributed by atoms with Crippen molar-refractivity contribution in [2.75, 3.05) is 6.54 Å². The van der Waals surface area contributed by atoms with E-state index in [4.69, 9.17) is 0 Å². The van der Waals surface area contributed by atoms with Crippen LogP contribution in [-0.2, 0) is 9.59 Å². The molecule has 1 heterocycles. The Balaban J connectivity index is 2.64. The quantitative estimate of drug-likeness (QED) is 0.641. The van der Waals surface area contributed by atoms with Gasteiger partial charge in [0, 0.05) is 18.2 Å². The maximum Gasteiger partial charge on any atom is 0.256 e. The Morgan fingerprint density at radius 3 is 2.21 bits per heavy atom. The zero-order chi connectivity index (χ0) is 10.9. The van der Waals surface area contributed by atoms with Crippen molar-refractivity contribution in [2.45, 2.75) is 27.7 Å². The molecule has 0 fully saturated rings. The summed E-state index contributed by atoms with van der Waals surface area (Å²) in [5, 5.41) is 0. The highest BCUT2D eigenvalue weighted by molar-refractivity contribution is 6.15. The van der Waals surface area contributed by atoms with Crippen LogP contribution in [0.25, 0.3) is 0 Å². The van der Waals surface area contributed by atoms with Crippen molar-refractivity contribution < 1.29 is 9.59 Å². The highest BCUT2D eigenvalue weighted by Crippen LogP contribution is 2.17. The number of amides is 2. The van der Waals surface area contributed by atoms with Crippen LogP contribution < -0.4 is 0 Å². The lowest BCUT2D eigenvalue weighted by Gasteiger charge is -2.22. The van der Waals surface area contributed by atoms with Gasteiger partial charge in [-0.15, -0.1) is 0 Å². The SMILES string of the molecule is CC1=CC(=O)N(CC(C)C(C)C)C1=O. The van der Waals surface area contributed by atoms with Crippen LogP contribution in [-0.4, -0.2) is 23.3 Å². The van der Waals surface area contributed by atoms with Gasteiger partial charge in [0.2, 0.25) is 0 Å². The third kappa shape index (κ3) is 2.03. The van der Waals surface area contributed by atoms with Crippen molar-refractivity contribution in [2.24, 2.45) is 11.8 Å². The van der Waals surface area contributed by atoms with Gasteiger partial charge in [-0.05, 0) is 18.8 Å². The van der Waals surface area contributed by atoms with E-state index in [0.29, 0.717) is 24.0 Å². The van der Waals surface area contributed by atoms with Crippen LogP contribution in [0.3, 0.4) is 0 Å². The van der Waals surface area contributed by atoms with Crippen molar-refractivity contribution >= 4 is 11.8 Å². The topological polar surface area (TPSA) is 37.4 Å². The smallest absolute Gasteiger partial charge is 0.256 e. The zero-order valence-electron chi connectivity index (χ0n) is 9.20. The van der Waals surface area contributed by atoms with Crippen LogP contribution in [0.15, 0.2) is 11.6 Å². The molecular weight excluding hydrogens is 178 g/mol. The van der Waals surface area contributed by atoms with Gasteiger partial charge in [-0.2, -0.15) is 0 Å². The van der Waals surface area contributed by atoms with Crippen LogP contribution >= 0.6 is 0 Å². The van der Waals surface area contributed by atoms with Crippen LogP contribution in [0, 0.1) is 11.8 Å². The monoisotopic (exact) mass is 195 g/mol. The van der Waals surface area contributed by atoms with Gasteiger partial charge >= 0.3 is 0 Å². The molecule has 0 aliphatic carbocycles. The van der Waals surface area contributed by atoms with Crippen molar-refractivity contribution in [3.05, 3.63) is 11.6 Å². The van der Waals surface area contributed by atoms with Crippen molar-refractivity contribution in [1.82, 2.24) is 4.90 Å². The standard InChI is InChI=1S/C11H17NO2/c1-7(2)9(4)6-12-10(13)5-8(3)11(12)14/h5,7,9H,6H2,1-4H3. The predicted octanol–water partition coefficient (Wildman–Crippen LogP) is 1.59. The molecule has 0 N–H and O–H groups in total. The molecule has 0 spiro atoms. The van der Waals surface area contributed by atoms with Crippen LogP contribution in [0.2, 0.25) is 0 Å². The second kappa shape index (κ2) is 3.95. The third-order valence-electron chi connectivity index (χ3n) is 2.80. The maximum atomic E-state index is 11.5. The van der Waals surface area contributed by atoms with Gasteiger partial charge in [-0.1, -0.05) is 20.8 Å². The third-order valence-corrected chi connectivity index (χ3v) is 2.80. The normalized spacial score (nSPS) is 19.2. The van der Waals surface area contributed by atoms with Crippen molar-refractivity contribution in [3.8, 4) is 0 Å². The summed E-state index contributed by atoms with van der Waals surface area (Å²) in [4.78, 5) is 24.2. The summed E-state index contributed by atoms with van der Waals surface area (Å²) in [5.74, 6) is 0.529. The van der Waals surface area contributed by atoms with Gasteiger partial charge in [-0.3, -0.25) is 14.5 Å². The van der Waals surface area contributed by atoms with Gasteiger partial charge < -0.3 is 0 Å². The van der Waals surface area contributed by atoms with E-state index in [-0.39, 0.29) is 11.8 Å². The molecule has 3 nitrogen and oxygen atoms in total. The fourth-order valence-corrected chi connectivity index (χ4v) is 1.31. The van der Waals surface area contributed by atoms with Gasteiger partial charge in [0.1, 0.15) is 0 Å². The molecule has 1 aliphatic heterocycles. The molecule has 1 aliphatic rings. The largest absolute Gasteiger partial charge is 0.275 e. The minimum Gasteiger partial charge on any atom is -0.275 e. The number of nitrogens with zero attached hydrogens (tertiary/aromatic N) is 1. The molecule has 0 saturated carbocycles. The minimum atomic E-state index is -0.167. The lowest BCUT2D eigenvalue weighted by atomic mass is 9.98. The van der Waals surface area contributed by atoms with E-state index in [2.05, 4.69) is 20.8 Å². The Labute approximate surface area is 84.8 Å². The molecule has 0 aromatic heterocycles. The summed E-state index contributed by atoms with van der Waals surface area (Å²) in [5.41, 5.74) is 0.547. The first-order valence-electron chi connectivity index (χ1n) is 4.97. The highest BCUT2D eigenvalue weighted by atomic mass is 16.2. The van der Waals surface area contributed by atoms with E-state index in [1.165, 1.54) is 11.0 Å². The Hall–Kier alpha value is -1.12. The lowest BCUT2D eigenvalue weighted by molar-refractivity contribution is -0.138. The molecule has 0 aromatic carbocycles. The molecule has 3 heteroatoms. The average molecular weight is 195 g/mol. The predicted molar refractivity (Wildman–Crippen MR) is 54.5 cm³/mol. The maximum absolute atomic E-state index is 11.5. The van der Waals surface area contributed by atoms with E-state index in [9.17, 15) is 9.59 Å². The van der Waals surface area contributed by atoms with Crippen LogP contribution in [0.4, 0.5) is 0 Å². The Morgan fingerprint density at radius 1 is 1.29 bits per heavy atom. The number of imide groups is 1. The Morgan fingerprint density at radius 2 is 1.86 bits per heavy atom. The number of hydrogen-bond donors (Lipinski definition) is 0. The highest BCUT2D eigenvalue weighted by Gasteiger charge is 2.29. The molecule has 0 aromatic rings. The fraction of sp³-hybridized carbons (Fsp3) is 0.636. The molecule has 0 bridgehead atoms. The number of hydrogen-bond acceptors (Lipinski definition) is 2. The van der Waals surface area contributed by atoms with E-state index in [0.717, 1.165) is 0 Å². The first kappa shape index (κ1) is 11.0. The van der Waals surface area contributed by atoms with Gasteiger partial charge in [-0.25, -0.2) is 0 Å². The lowest BCUT2D eigenvalue weighted by Crippen LogP contribution is -2.36. The summed E-state index contributed by atoms with van der Waals surface area (Å²) < 4.78 is 0. The molecule has 14 heavy (non-hydrogen) atoms. The summed E-state index contributed by atoms with van der Waals surface area (Å²) in [6, 6.07) is 0. The molecule has 1 rings (SSSR count). The average Bonchev–Trinajstić information content (AvgIpc) is 2.32. The van der Waals surface area contributed by atoms with Crippen LogP contribution in [0.5, 0.6) is 0 Å². The summed E-state index contributed by atoms with van der Waals surface area (Å²) in [6.07, 6.45) is 1.41. The summed E-state index contributed by atoms with van der Waals surface area (Å²) in [7, 11) is 0. The van der Waals surface area contributed by atoms with E-state index >= 15 is 0 Å². The first-order chi connectivity index (χ1) is 6.43. The van der Waals surface area contributed by atoms with Gasteiger partial charge in [0.15, 0.2) is 0 Å². The summed E-state index contributed by atoms with van der Waals surface area (Å²) >= 11 is 0. The minimum absolute atomic E-state index is 0.137. The first-order valence-corrected chi connectivity index (χ1v) is 4.97. The van der Waals surface area contributed by atoms with E-state index in [1.54, 1.807) is 6.92 Å². The number of rotatable bonds is 3. The number of carbonyl (C=O) groups is 2.